The fraction of sp³-hybridized carbons (Fsp3) is 0.462. The molecule has 1 aromatic rings. The minimum absolute atomic E-state index is 0.556. The highest BCUT2D eigenvalue weighted by Gasteiger charge is 2.23. The predicted octanol–water partition coefficient (Wildman–Crippen LogP) is 1.57. The Kier molecular flexibility index (Phi) is 3.72. The normalized spacial score (nSPS) is 17.7. The average Bonchev–Trinajstić information content (AvgIpc) is 2.60. The summed E-state index contributed by atoms with van der Waals surface area (Å²) in [5.74, 6) is -0.228. The summed E-state index contributed by atoms with van der Waals surface area (Å²) in [5, 5.41) is 8.96. The van der Waals surface area contributed by atoms with Crippen molar-refractivity contribution in [1.29, 1.82) is 0 Å². The van der Waals surface area contributed by atoms with Crippen LogP contribution in [-0.4, -0.2) is 24.3 Å². The zero-order valence-electron chi connectivity index (χ0n) is 10.3. The summed E-state index contributed by atoms with van der Waals surface area (Å²) in [6.45, 7) is 2.82. The van der Waals surface area contributed by atoms with Gasteiger partial charge in [0.1, 0.15) is 0 Å². The molecular formula is C13H17NO4. The maximum absolute atomic E-state index is 10.9. The molecule has 5 nitrogen and oxygen atoms in total. The topological polar surface area (TPSA) is 81.8 Å². The van der Waals surface area contributed by atoms with Crippen LogP contribution in [0.1, 0.15) is 24.9 Å². The summed E-state index contributed by atoms with van der Waals surface area (Å²) >= 11 is 0. The molecule has 1 aromatic carbocycles. The molecule has 3 N–H and O–H groups in total. The maximum atomic E-state index is 10.9. The van der Waals surface area contributed by atoms with Crippen LogP contribution >= 0.6 is 0 Å². The number of nitrogens with two attached hydrogens (primary N) is 1. The molecule has 2 atom stereocenters. The van der Waals surface area contributed by atoms with E-state index in [4.69, 9.17) is 20.3 Å². The van der Waals surface area contributed by atoms with Crippen molar-refractivity contribution in [2.24, 2.45) is 11.7 Å². The number of aliphatic carboxylic acids is 1. The largest absolute Gasteiger partial charge is 0.490 e. The molecule has 2 unspecified atom stereocenters. The number of rotatable bonds is 3. The van der Waals surface area contributed by atoms with E-state index in [1.54, 1.807) is 25.1 Å². The first-order valence-corrected chi connectivity index (χ1v) is 5.97. The maximum Gasteiger partial charge on any atom is 0.308 e. The van der Waals surface area contributed by atoms with Gasteiger partial charge < -0.3 is 20.3 Å². The smallest absolute Gasteiger partial charge is 0.308 e. The van der Waals surface area contributed by atoms with Gasteiger partial charge in [0.15, 0.2) is 11.5 Å². The van der Waals surface area contributed by atoms with Crippen molar-refractivity contribution in [3.8, 4) is 11.5 Å². The van der Waals surface area contributed by atoms with Crippen molar-refractivity contribution in [3.63, 3.8) is 0 Å². The molecule has 0 saturated heterocycles. The Hall–Kier alpha value is -1.75. The first kappa shape index (κ1) is 12.7. The van der Waals surface area contributed by atoms with Crippen molar-refractivity contribution in [2.45, 2.75) is 19.4 Å². The first-order chi connectivity index (χ1) is 8.59. The second kappa shape index (κ2) is 5.27. The van der Waals surface area contributed by atoms with Gasteiger partial charge >= 0.3 is 5.97 Å². The molecule has 1 heterocycles. The second-order valence-electron chi connectivity index (χ2n) is 4.41. The molecule has 0 aromatic heterocycles. The van der Waals surface area contributed by atoms with Crippen molar-refractivity contribution in [2.75, 3.05) is 13.2 Å². The van der Waals surface area contributed by atoms with E-state index < -0.39 is 17.9 Å². The summed E-state index contributed by atoms with van der Waals surface area (Å²) in [6, 6.07) is 4.78. The SMILES string of the molecule is CC(C(=O)O)C(N)c1ccc2c(c1)OCCCO2. The summed E-state index contributed by atoms with van der Waals surface area (Å²) in [5.41, 5.74) is 6.68. The Labute approximate surface area is 106 Å². The van der Waals surface area contributed by atoms with Crippen LogP contribution in [0.5, 0.6) is 11.5 Å². The molecule has 0 bridgehead atoms. The highest BCUT2D eigenvalue weighted by atomic mass is 16.5. The highest BCUT2D eigenvalue weighted by Crippen LogP contribution is 2.33. The van der Waals surface area contributed by atoms with Gasteiger partial charge in [0, 0.05) is 12.5 Å². The second-order valence-corrected chi connectivity index (χ2v) is 4.41. The van der Waals surface area contributed by atoms with Crippen molar-refractivity contribution < 1.29 is 19.4 Å². The number of hydrogen-bond donors (Lipinski definition) is 2. The summed E-state index contributed by atoms with van der Waals surface area (Å²) < 4.78 is 11.1. The summed E-state index contributed by atoms with van der Waals surface area (Å²) in [7, 11) is 0. The van der Waals surface area contributed by atoms with Crippen LogP contribution in [0.4, 0.5) is 0 Å². The van der Waals surface area contributed by atoms with E-state index in [1.165, 1.54) is 0 Å². The Bertz CT molecular complexity index is 447. The molecule has 0 aliphatic carbocycles. The number of carboxylic acid groups (broad SMARTS) is 1. The fourth-order valence-electron chi connectivity index (χ4n) is 1.83. The number of carboxylic acids is 1. The van der Waals surface area contributed by atoms with Gasteiger partial charge in [-0.1, -0.05) is 13.0 Å². The van der Waals surface area contributed by atoms with Crippen LogP contribution < -0.4 is 15.2 Å². The molecule has 0 amide bonds. The zero-order valence-corrected chi connectivity index (χ0v) is 10.3. The summed E-state index contributed by atoms with van der Waals surface area (Å²) in [4.78, 5) is 10.9. The molecule has 0 spiro atoms. The third-order valence-corrected chi connectivity index (χ3v) is 3.08. The van der Waals surface area contributed by atoms with Gasteiger partial charge in [-0.25, -0.2) is 0 Å². The Balaban J connectivity index is 2.25. The molecule has 5 heteroatoms. The van der Waals surface area contributed by atoms with Gasteiger partial charge in [-0.2, -0.15) is 0 Å². The van der Waals surface area contributed by atoms with E-state index in [0.717, 1.165) is 12.0 Å². The van der Waals surface area contributed by atoms with Gasteiger partial charge in [-0.3, -0.25) is 4.79 Å². The molecule has 1 aliphatic heterocycles. The molecule has 0 fully saturated rings. The number of ether oxygens (including phenoxy) is 2. The number of hydrogen-bond acceptors (Lipinski definition) is 4. The minimum atomic E-state index is -0.908. The Morgan fingerprint density at radius 3 is 2.67 bits per heavy atom. The van der Waals surface area contributed by atoms with Crippen LogP contribution in [0, 0.1) is 5.92 Å². The van der Waals surface area contributed by atoms with Gasteiger partial charge in [0.05, 0.1) is 19.1 Å². The Morgan fingerprint density at radius 1 is 1.33 bits per heavy atom. The molecular weight excluding hydrogens is 234 g/mol. The van der Waals surface area contributed by atoms with Crippen LogP contribution in [0.3, 0.4) is 0 Å². The molecule has 0 radical (unpaired) electrons. The van der Waals surface area contributed by atoms with Gasteiger partial charge in [0.25, 0.3) is 0 Å². The lowest BCUT2D eigenvalue weighted by Crippen LogP contribution is -2.25. The van der Waals surface area contributed by atoms with Gasteiger partial charge in [-0.15, -0.1) is 0 Å². The van der Waals surface area contributed by atoms with Crippen LogP contribution in [0.2, 0.25) is 0 Å². The molecule has 1 aliphatic rings. The van der Waals surface area contributed by atoms with Crippen molar-refractivity contribution >= 4 is 5.97 Å². The standard InChI is InChI=1S/C13H17NO4/c1-8(13(15)16)12(14)9-3-4-10-11(7-9)18-6-2-5-17-10/h3-4,7-8,12H,2,5-6,14H2,1H3,(H,15,16). The molecule has 18 heavy (non-hydrogen) atoms. The summed E-state index contributed by atoms with van der Waals surface area (Å²) in [6.07, 6.45) is 0.835. The van der Waals surface area contributed by atoms with E-state index >= 15 is 0 Å². The van der Waals surface area contributed by atoms with E-state index in [9.17, 15) is 4.79 Å². The molecule has 0 saturated carbocycles. The highest BCUT2D eigenvalue weighted by molar-refractivity contribution is 5.70. The minimum Gasteiger partial charge on any atom is -0.490 e. The van der Waals surface area contributed by atoms with E-state index in [1.807, 2.05) is 0 Å². The lowest BCUT2D eigenvalue weighted by Gasteiger charge is -2.18. The van der Waals surface area contributed by atoms with E-state index in [0.29, 0.717) is 24.7 Å². The number of benzene rings is 1. The monoisotopic (exact) mass is 251 g/mol. The van der Waals surface area contributed by atoms with Crippen LogP contribution in [0.25, 0.3) is 0 Å². The third kappa shape index (κ3) is 2.56. The zero-order chi connectivity index (χ0) is 13.1. The molecule has 98 valence electrons. The van der Waals surface area contributed by atoms with Crippen LogP contribution in [0.15, 0.2) is 18.2 Å². The lowest BCUT2D eigenvalue weighted by molar-refractivity contribution is -0.141. The van der Waals surface area contributed by atoms with Crippen LogP contribution in [-0.2, 0) is 4.79 Å². The van der Waals surface area contributed by atoms with Gasteiger partial charge in [-0.05, 0) is 17.7 Å². The predicted molar refractivity (Wildman–Crippen MR) is 65.8 cm³/mol. The first-order valence-electron chi connectivity index (χ1n) is 5.97. The lowest BCUT2D eigenvalue weighted by atomic mass is 9.95. The fourth-order valence-corrected chi connectivity index (χ4v) is 1.83. The quantitative estimate of drug-likeness (QED) is 0.852. The van der Waals surface area contributed by atoms with Gasteiger partial charge in [0.2, 0.25) is 0 Å². The Morgan fingerprint density at radius 2 is 2.00 bits per heavy atom. The average molecular weight is 251 g/mol. The van der Waals surface area contributed by atoms with E-state index in [-0.39, 0.29) is 0 Å². The van der Waals surface area contributed by atoms with Crippen molar-refractivity contribution in [1.82, 2.24) is 0 Å². The third-order valence-electron chi connectivity index (χ3n) is 3.08. The number of carbonyl (C=O) groups is 1. The van der Waals surface area contributed by atoms with E-state index in [2.05, 4.69) is 0 Å². The van der Waals surface area contributed by atoms with Crippen molar-refractivity contribution in [3.05, 3.63) is 23.8 Å². The number of fused-ring (bicyclic) bond motifs is 1. The molecule has 2 rings (SSSR count).